The van der Waals surface area contributed by atoms with Gasteiger partial charge < -0.3 is 16.2 Å². The number of ether oxygens (including phenoxy) is 1. The Labute approximate surface area is 159 Å². The monoisotopic (exact) mass is 356 g/mol. The van der Waals surface area contributed by atoms with E-state index in [1.165, 1.54) is 64.2 Å². The molecule has 0 atom stereocenters. The molecule has 0 heterocycles. The Balaban J connectivity index is 1.29. The molecule has 0 bridgehead atoms. The van der Waals surface area contributed by atoms with Gasteiger partial charge in [0.05, 0.1) is 6.61 Å². The van der Waals surface area contributed by atoms with Gasteiger partial charge in [-0.15, -0.1) is 0 Å². The first-order chi connectivity index (χ1) is 12.7. The highest BCUT2D eigenvalue weighted by Crippen LogP contribution is 2.33. The lowest BCUT2D eigenvalue weighted by Gasteiger charge is -2.27. The van der Waals surface area contributed by atoms with E-state index in [0.717, 1.165) is 36.5 Å². The van der Waals surface area contributed by atoms with E-state index in [0.29, 0.717) is 11.4 Å². The summed E-state index contributed by atoms with van der Waals surface area (Å²) in [5, 5.41) is 0. The van der Waals surface area contributed by atoms with Crippen LogP contribution in [0.15, 0.2) is 30.4 Å². The smallest absolute Gasteiger partial charge is 0.123 e. The molecule has 1 aromatic rings. The predicted molar refractivity (Wildman–Crippen MR) is 111 cm³/mol. The second-order valence-corrected chi connectivity index (χ2v) is 8.39. The van der Waals surface area contributed by atoms with Gasteiger partial charge in [-0.05, 0) is 75.2 Å². The Bertz CT molecular complexity index is 549. The Morgan fingerprint density at radius 1 is 0.808 bits per heavy atom. The molecule has 2 aliphatic carbocycles. The second-order valence-electron chi connectivity index (χ2n) is 8.39. The van der Waals surface area contributed by atoms with Crippen LogP contribution in [0.3, 0.4) is 0 Å². The number of nitrogen functional groups attached to an aromatic ring is 2. The third kappa shape index (κ3) is 6.26. The number of allylic oxidation sites excluding steroid dienone is 2. The number of anilines is 2. The number of hydrogen-bond donors (Lipinski definition) is 2. The summed E-state index contributed by atoms with van der Waals surface area (Å²) in [5.41, 5.74) is 12.9. The molecule has 0 spiro atoms. The average Bonchev–Trinajstić information content (AvgIpc) is 2.65. The summed E-state index contributed by atoms with van der Waals surface area (Å²) in [6.07, 6.45) is 20.2. The minimum atomic E-state index is 0.666. The topological polar surface area (TPSA) is 61.3 Å². The van der Waals surface area contributed by atoms with Gasteiger partial charge in [-0.1, -0.05) is 31.4 Å². The summed E-state index contributed by atoms with van der Waals surface area (Å²) in [6, 6.07) is 5.45. The van der Waals surface area contributed by atoms with Crippen LogP contribution in [0.25, 0.3) is 0 Å². The molecule has 0 unspecified atom stereocenters. The fraction of sp³-hybridized carbons (Fsp3) is 0.652. The first kappa shape index (κ1) is 19.1. The number of benzene rings is 1. The molecule has 1 aromatic carbocycles. The van der Waals surface area contributed by atoms with Crippen LogP contribution in [0, 0.1) is 17.8 Å². The van der Waals surface area contributed by atoms with E-state index in [-0.39, 0.29) is 0 Å². The molecule has 2 saturated carbocycles. The Morgan fingerprint density at radius 2 is 1.42 bits per heavy atom. The molecule has 4 N–H and O–H groups in total. The van der Waals surface area contributed by atoms with Crippen LogP contribution in [0.5, 0.6) is 5.75 Å². The summed E-state index contributed by atoms with van der Waals surface area (Å²) in [7, 11) is 0. The summed E-state index contributed by atoms with van der Waals surface area (Å²) < 4.78 is 5.81. The summed E-state index contributed by atoms with van der Waals surface area (Å²) in [6.45, 7) is 0.754. The highest BCUT2D eigenvalue weighted by Gasteiger charge is 2.20. The zero-order chi connectivity index (χ0) is 18.2. The summed E-state index contributed by atoms with van der Waals surface area (Å²) >= 11 is 0. The molecule has 3 rings (SSSR count). The van der Waals surface area contributed by atoms with Gasteiger partial charge in [-0.3, -0.25) is 0 Å². The van der Waals surface area contributed by atoms with Crippen molar-refractivity contribution in [2.45, 2.75) is 70.6 Å². The van der Waals surface area contributed by atoms with E-state index < -0.39 is 0 Å². The van der Waals surface area contributed by atoms with Gasteiger partial charge in [0.25, 0.3) is 0 Å². The highest BCUT2D eigenvalue weighted by molar-refractivity contribution is 5.56. The largest absolute Gasteiger partial charge is 0.493 e. The van der Waals surface area contributed by atoms with Crippen molar-refractivity contribution in [3.8, 4) is 5.75 Å². The molecule has 0 amide bonds. The maximum atomic E-state index is 5.81. The number of rotatable bonds is 7. The zero-order valence-electron chi connectivity index (χ0n) is 16.2. The molecule has 3 heteroatoms. The number of nitrogens with two attached hydrogens (primary N) is 2. The van der Waals surface area contributed by atoms with Crippen molar-refractivity contribution in [3.05, 3.63) is 30.4 Å². The van der Waals surface area contributed by atoms with Crippen LogP contribution in [0.1, 0.15) is 70.6 Å². The molecule has 0 radical (unpaired) electrons. The van der Waals surface area contributed by atoms with Crippen LogP contribution in [0.4, 0.5) is 11.4 Å². The van der Waals surface area contributed by atoms with Crippen molar-refractivity contribution in [2.75, 3.05) is 18.1 Å². The van der Waals surface area contributed by atoms with Crippen molar-refractivity contribution in [2.24, 2.45) is 17.8 Å². The maximum Gasteiger partial charge on any atom is 0.123 e. The van der Waals surface area contributed by atoms with E-state index in [1.807, 2.05) is 12.1 Å². The van der Waals surface area contributed by atoms with Gasteiger partial charge in [0.15, 0.2) is 0 Å². The lowest BCUT2D eigenvalue weighted by molar-refractivity contribution is 0.253. The third-order valence-electron chi connectivity index (χ3n) is 6.17. The molecule has 2 fully saturated rings. The standard InChI is InChI=1S/C23H36N2O/c24-21-15-22(25)17-23(16-21)26-14-4-7-19-9-12-20(13-10-19)11-8-18-5-2-1-3-6-18/h8,11,15-20H,1-7,9-10,12-14,24-25H2/b11-8+. The normalized spacial score (nSPS) is 24.8. The highest BCUT2D eigenvalue weighted by atomic mass is 16.5. The van der Waals surface area contributed by atoms with Gasteiger partial charge >= 0.3 is 0 Å². The van der Waals surface area contributed by atoms with Gasteiger partial charge in [0.1, 0.15) is 5.75 Å². The molecule has 0 aliphatic heterocycles. The van der Waals surface area contributed by atoms with E-state index in [1.54, 1.807) is 6.07 Å². The zero-order valence-corrected chi connectivity index (χ0v) is 16.2. The van der Waals surface area contributed by atoms with Crippen LogP contribution in [0.2, 0.25) is 0 Å². The third-order valence-corrected chi connectivity index (χ3v) is 6.17. The predicted octanol–water partition coefficient (Wildman–Crippen LogP) is 5.95. The van der Waals surface area contributed by atoms with Gasteiger partial charge in [0.2, 0.25) is 0 Å². The van der Waals surface area contributed by atoms with Crippen molar-refractivity contribution in [1.82, 2.24) is 0 Å². The molecular weight excluding hydrogens is 320 g/mol. The SMILES string of the molecule is Nc1cc(N)cc(OCCCC2CCC(/C=C/C3CCCCC3)CC2)c1. The summed E-state index contributed by atoms with van der Waals surface area (Å²) in [5.74, 6) is 3.38. The lowest BCUT2D eigenvalue weighted by atomic mass is 9.79. The fourth-order valence-corrected chi connectivity index (χ4v) is 4.60. The van der Waals surface area contributed by atoms with E-state index in [4.69, 9.17) is 16.2 Å². The molecule has 26 heavy (non-hydrogen) atoms. The van der Waals surface area contributed by atoms with Crippen LogP contribution in [-0.4, -0.2) is 6.61 Å². The van der Waals surface area contributed by atoms with Crippen molar-refractivity contribution in [1.29, 1.82) is 0 Å². The van der Waals surface area contributed by atoms with E-state index >= 15 is 0 Å². The lowest BCUT2D eigenvalue weighted by Crippen LogP contribution is -2.14. The second kappa shape index (κ2) is 9.89. The minimum absolute atomic E-state index is 0.666. The number of hydrogen-bond acceptors (Lipinski definition) is 3. The molecule has 144 valence electrons. The molecule has 2 aliphatic rings. The first-order valence-electron chi connectivity index (χ1n) is 10.7. The maximum absolute atomic E-state index is 5.81. The Kier molecular flexibility index (Phi) is 7.28. The fourth-order valence-electron chi connectivity index (χ4n) is 4.60. The van der Waals surface area contributed by atoms with E-state index in [2.05, 4.69) is 12.2 Å². The van der Waals surface area contributed by atoms with Gasteiger partial charge in [0, 0.05) is 23.5 Å². The quantitative estimate of drug-likeness (QED) is 0.360. The Morgan fingerprint density at radius 3 is 2.08 bits per heavy atom. The van der Waals surface area contributed by atoms with Gasteiger partial charge in [-0.25, -0.2) is 0 Å². The van der Waals surface area contributed by atoms with Crippen LogP contribution >= 0.6 is 0 Å². The average molecular weight is 357 g/mol. The van der Waals surface area contributed by atoms with Gasteiger partial charge in [-0.2, -0.15) is 0 Å². The first-order valence-corrected chi connectivity index (χ1v) is 10.7. The molecule has 3 nitrogen and oxygen atoms in total. The molecular formula is C23H36N2O. The van der Waals surface area contributed by atoms with Crippen LogP contribution < -0.4 is 16.2 Å². The molecule has 0 saturated heterocycles. The van der Waals surface area contributed by atoms with Crippen molar-refractivity contribution < 1.29 is 4.74 Å². The van der Waals surface area contributed by atoms with Crippen LogP contribution in [-0.2, 0) is 0 Å². The van der Waals surface area contributed by atoms with E-state index in [9.17, 15) is 0 Å². The Hall–Kier alpha value is -1.64. The van der Waals surface area contributed by atoms with Crippen molar-refractivity contribution >= 4 is 11.4 Å². The minimum Gasteiger partial charge on any atom is -0.493 e. The van der Waals surface area contributed by atoms with Crippen molar-refractivity contribution in [3.63, 3.8) is 0 Å². The molecule has 0 aromatic heterocycles. The summed E-state index contributed by atoms with van der Waals surface area (Å²) in [4.78, 5) is 0.